The molecule has 0 heteroatoms. The van der Waals surface area contributed by atoms with Gasteiger partial charge in [-0.3, -0.25) is 0 Å². The van der Waals surface area contributed by atoms with Crippen LogP contribution in [0.15, 0.2) is 24.8 Å². The second kappa shape index (κ2) is 31.5. The lowest BCUT2D eigenvalue weighted by atomic mass is 10.0. The zero-order chi connectivity index (χ0) is 23.9. The van der Waals surface area contributed by atoms with Gasteiger partial charge in [0.05, 0.1) is 0 Å². The van der Waals surface area contributed by atoms with Gasteiger partial charge in [-0.05, 0) is 38.5 Å². The van der Waals surface area contributed by atoms with Crippen molar-refractivity contribution in [3.8, 4) is 0 Å². The number of hydrogen-bond acceptors (Lipinski definition) is 0. The molecule has 0 saturated heterocycles. The van der Waals surface area contributed by atoms with Gasteiger partial charge in [-0.15, -0.1) is 6.58 Å². The maximum absolute atomic E-state index is 3.79. The first-order chi connectivity index (χ1) is 16.4. The predicted molar refractivity (Wildman–Crippen MR) is 154 cm³/mol. The van der Waals surface area contributed by atoms with Crippen LogP contribution in [-0.4, -0.2) is 0 Å². The molecule has 0 saturated carbocycles. The molecule has 0 aliphatic heterocycles. The van der Waals surface area contributed by atoms with Crippen LogP contribution in [0.2, 0.25) is 0 Å². The Morgan fingerprint density at radius 2 is 0.576 bits per heavy atom. The Morgan fingerprint density at radius 3 is 0.848 bits per heavy atom. The summed E-state index contributed by atoms with van der Waals surface area (Å²) >= 11 is 0. The van der Waals surface area contributed by atoms with E-state index < -0.39 is 0 Å². The van der Waals surface area contributed by atoms with Crippen molar-refractivity contribution in [3.63, 3.8) is 0 Å². The summed E-state index contributed by atoms with van der Waals surface area (Å²) in [4.78, 5) is 0. The fourth-order valence-corrected chi connectivity index (χ4v) is 4.83. The number of rotatable bonds is 29. The van der Waals surface area contributed by atoms with Crippen LogP contribution in [0.4, 0.5) is 0 Å². The molecule has 196 valence electrons. The third-order valence-corrected chi connectivity index (χ3v) is 7.17. The maximum atomic E-state index is 3.79. The molecule has 0 aliphatic carbocycles. The molecule has 33 heavy (non-hydrogen) atoms. The SMILES string of the molecule is C=CCCCCCCCCCCCCCCCC=CCCCCCCCCCCCCCC. The smallest absolute Gasteiger partial charge is 0.0351 e. The molecular formula is C33H64. The molecule has 0 radical (unpaired) electrons. The first kappa shape index (κ1) is 32.5. The highest BCUT2D eigenvalue weighted by Crippen LogP contribution is 2.14. The van der Waals surface area contributed by atoms with Gasteiger partial charge in [0.15, 0.2) is 0 Å². The van der Waals surface area contributed by atoms with Gasteiger partial charge in [-0.1, -0.05) is 166 Å². The fourth-order valence-electron chi connectivity index (χ4n) is 4.83. The Morgan fingerprint density at radius 1 is 0.333 bits per heavy atom. The summed E-state index contributed by atoms with van der Waals surface area (Å²) in [6.45, 7) is 6.10. The molecule has 0 fully saturated rings. The van der Waals surface area contributed by atoms with Crippen molar-refractivity contribution >= 4 is 0 Å². The van der Waals surface area contributed by atoms with Gasteiger partial charge in [0.2, 0.25) is 0 Å². The molecule has 0 aromatic rings. The predicted octanol–water partition coefficient (Wildman–Crippen LogP) is 12.7. The molecule has 0 N–H and O–H groups in total. The quantitative estimate of drug-likeness (QED) is 0.0768. The number of hydrogen-bond donors (Lipinski definition) is 0. The highest BCUT2D eigenvalue weighted by atomic mass is 14.0. The molecule has 0 aromatic heterocycles. The van der Waals surface area contributed by atoms with Gasteiger partial charge in [-0.25, -0.2) is 0 Å². The van der Waals surface area contributed by atoms with Crippen molar-refractivity contribution in [1.29, 1.82) is 0 Å². The Kier molecular flexibility index (Phi) is 31.0. The normalized spacial score (nSPS) is 11.5. The van der Waals surface area contributed by atoms with Crippen molar-refractivity contribution < 1.29 is 0 Å². The Bertz CT molecular complexity index is 366. The Labute approximate surface area is 211 Å². The van der Waals surface area contributed by atoms with Gasteiger partial charge in [0.1, 0.15) is 0 Å². The maximum Gasteiger partial charge on any atom is -0.0351 e. The highest BCUT2D eigenvalue weighted by molar-refractivity contribution is 4.81. The van der Waals surface area contributed by atoms with Crippen LogP contribution in [0.25, 0.3) is 0 Å². The van der Waals surface area contributed by atoms with Crippen LogP contribution in [-0.2, 0) is 0 Å². The molecule has 0 heterocycles. The van der Waals surface area contributed by atoms with E-state index in [0.717, 1.165) is 0 Å². The van der Waals surface area contributed by atoms with Crippen molar-refractivity contribution in [3.05, 3.63) is 24.8 Å². The van der Waals surface area contributed by atoms with E-state index in [9.17, 15) is 0 Å². The van der Waals surface area contributed by atoms with E-state index in [4.69, 9.17) is 0 Å². The molecule has 0 bridgehead atoms. The summed E-state index contributed by atoms with van der Waals surface area (Å²) in [5.74, 6) is 0. The third kappa shape index (κ3) is 31.5. The van der Waals surface area contributed by atoms with Gasteiger partial charge in [-0.2, -0.15) is 0 Å². The first-order valence-corrected chi connectivity index (χ1v) is 15.7. The Hall–Kier alpha value is -0.520. The van der Waals surface area contributed by atoms with Crippen LogP contribution in [0.1, 0.15) is 187 Å². The summed E-state index contributed by atoms with van der Waals surface area (Å²) in [5.41, 5.74) is 0. The fraction of sp³-hybridized carbons (Fsp3) is 0.879. The Balaban J connectivity index is 3.07. The minimum Gasteiger partial charge on any atom is -0.103 e. The lowest BCUT2D eigenvalue weighted by molar-refractivity contribution is 0.537. The van der Waals surface area contributed by atoms with Crippen molar-refractivity contribution in [1.82, 2.24) is 0 Å². The van der Waals surface area contributed by atoms with Gasteiger partial charge < -0.3 is 0 Å². The lowest BCUT2D eigenvalue weighted by Crippen LogP contribution is -1.83. The minimum absolute atomic E-state index is 1.20. The summed E-state index contributed by atoms with van der Waals surface area (Å²) in [6.07, 6.45) is 46.9. The molecule has 0 aliphatic rings. The molecule has 0 aromatic carbocycles. The van der Waals surface area contributed by atoms with E-state index >= 15 is 0 Å². The van der Waals surface area contributed by atoms with Crippen molar-refractivity contribution in [2.45, 2.75) is 187 Å². The van der Waals surface area contributed by atoms with Crippen LogP contribution >= 0.6 is 0 Å². The molecule has 0 atom stereocenters. The second-order valence-corrected chi connectivity index (χ2v) is 10.6. The summed E-state index contributed by atoms with van der Waals surface area (Å²) < 4.78 is 0. The molecule has 0 spiro atoms. The summed E-state index contributed by atoms with van der Waals surface area (Å²) in [6, 6.07) is 0. The van der Waals surface area contributed by atoms with Crippen LogP contribution in [0.3, 0.4) is 0 Å². The van der Waals surface area contributed by atoms with Crippen LogP contribution in [0.5, 0.6) is 0 Å². The van der Waals surface area contributed by atoms with Gasteiger partial charge in [0, 0.05) is 0 Å². The zero-order valence-electron chi connectivity index (χ0n) is 23.2. The van der Waals surface area contributed by atoms with Gasteiger partial charge >= 0.3 is 0 Å². The third-order valence-electron chi connectivity index (χ3n) is 7.17. The lowest BCUT2D eigenvalue weighted by Gasteiger charge is -2.03. The largest absolute Gasteiger partial charge is 0.103 e. The standard InChI is InChI=1S/C33H64/c1-3-5-7-9-11-13-15-17-19-21-23-25-27-29-31-33-32-30-28-26-24-22-20-18-16-14-12-10-8-6-4-2/h3,30,32H,1,4-29,31,33H2,2H3. The topological polar surface area (TPSA) is 0 Å². The van der Waals surface area contributed by atoms with E-state index in [1.54, 1.807) is 0 Å². The molecule has 0 nitrogen and oxygen atoms in total. The summed E-state index contributed by atoms with van der Waals surface area (Å²) in [5, 5.41) is 0. The van der Waals surface area contributed by atoms with Crippen LogP contribution in [0, 0.1) is 0 Å². The average molecular weight is 461 g/mol. The van der Waals surface area contributed by atoms with E-state index in [1.807, 2.05) is 0 Å². The minimum atomic E-state index is 1.20. The second-order valence-electron chi connectivity index (χ2n) is 10.6. The molecule has 0 rings (SSSR count). The molecule has 0 amide bonds. The van der Waals surface area contributed by atoms with Gasteiger partial charge in [0.25, 0.3) is 0 Å². The number of allylic oxidation sites excluding steroid dienone is 3. The van der Waals surface area contributed by atoms with E-state index in [0.29, 0.717) is 0 Å². The zero-order valence-corrected chi connectivity index (χ0v) is 23.2. The molecule has 0 unspecified atom stereocenters. The van der Waals surface area contributed by atoms with Crippen molar-refractivity contribution in [2.24, 2.45) is 0 Å². The van der Waals surface area contributed by atoms with E-state index in [2.05, 4.69) is 31.7 Å². The van der Waals surface area contributed by atoms with E-state index in [1.165, 1.54) is 180 Å². The van der Waals surface area contributed by atoms with E-state index in [-0.39, 0.29) is 0 Å². The summed E-state index contributed by atoms with van der Waals surface area (Å²) in [7, 11) is 0. The van der Waals surface area contributed by atoms with Crippen molar-refractivity contribution in [2.75, 3.05) is 0 Å². The highest BCUT2D eigenvalue weighted by Gasteiger charge is 1.95. The average Bonchev–Trinajstić information content (AvgIpc) is 2.83. The molecular weight excluding hydrogens is 396 g/mol. The monoisotopic (exact) mass is 461 g/mol. The van der Waals surface area contributed by atoms with Crippen LogP contribution < -0.4 is 0 Å². The number of unbranched alkanes of at least 4 members (excludes halogenated alkanes) is 26. The first-order valence-electron chi connectivity index (χ1n) is 15.7.